The lowest BCUT2D eigenvalue weighted by Crippen LogP contribution is -2.57. The highest BCUT2D eigenvalue weighted by Crippen LogP contribution is 2.47. The molecule has 1 aliphatic heterocycles. The summed E-state index contributed by atoms with van der Waals surface area (Å²) in [5.74, 6) is -3.06. The molecule has 32 heavy (non-hydrogen) atoms. The minimum Gasteiger partial charge on any atom is -0.497 e. The molecule has 2 amide bonds. The molecule has 3 aromatic carbocycles. The van der Waals surface area contributed by atoms with Crippen LogP contribution in [-0.4, -0.2) is 34.9 Å². The second-order valence-electron chi connectivity index (χ2n) is 7.42. The van der Waals surface area contributed by atoms with E-state index in [9.17, 15) is 19.5 Å². The largest absolute Gasteiger partial charge is 0.497 e. The van der Waals surface area contributed by atoms with E-state index in [0.29, 0.717) is 11.3 Å². The molecule has 0 saturated heterocycles. The Hall–Kier alpha value is -4.19. The zero-order valence-electron chi connectivity index (χ0n) is 17.4. The van der Waals surface area contributed by atoms with Crippen LogP contribution in [0.5, 0.6) is 5.75 Å². The smallest absolute Gasteiger partial charge is 0.335 e. The summed E-state index contributed by atoms with van der Waals surface area (Å²) in [6, 6.07) is 21.6. The molecule has 1 N–H and O–H groups in total. The number of amides is 2. The van der Waals surface area contributed by atoms with Gasteiger partial charge in [-0.1, -0.05) is 60.7 Å². The molecule has 0 spiro atoms. The summed E-state index contributed by atoms with van der Waals surface area (Å²) in [5, 5.41) is 10.7. The van der Waals surface area contributed by atoms with Crippen LogP contribution in [0.1, 0.15) is 37.8 Å². The number of imide groups is 1. The average Bonchev–Trinajstić information content (AvgIpc) is 3.08. The predicted molar refractivity (Wildman–Crippen MR) is 119 cm³/mol. The molecule has 0 unspecified atom stereocenters. The van der Waals surface area contributed by atoms with E-state index in [4.69, 9.17) is 4.74 Å². The van der Waals surface area contributed by atoms with Gasteiger partial charge in [-0.2, -0.15) is 0 Å². The molecule has 2 atom stereocenters. The van der Waals surface area contributed by atoms with E-state index < -0.39 is 29.2 Å². The highest BCUT2D eigenvalue weighted by atomic mass is 16.5. The number of carbonyl (C=O) groups is 3. The van der Waals surface area contributed by atoms with E-state index in [-0.39, 0.29) is 16.7 Å². The molecule has 3 aromatic rings. The monoisotopic (exact) mass is 427 g/mol. The van der Waals surface area contributed by atoms with Crippen LogP contribution in [0, 0.1) is 0 Å². The SMILES string of the molecule is C=C[C@H](c1ccccc1)[C@@](C(=O)O)(c1ccc(OC)cc1)N1C(=O)c2ccccc2C1=O. The Kier molecular flexibility index (Phi) is 5.36. The van der Waals surface area contributed by atoms with E-state index in [1.54, 1.807) is 60.7 Å². The van der Waals surface area contributed by atoms with Crippen molar-refractivity contribution in [2.75, 3.05) is 7.11 Å². The maximum Gasteiger partial charge on any atom is 0.335 e. The molecule has 0 fully saturated rings. The number of nitrogens with zero attached hydrogens (tertiary/aromatic N) is 1. The summed E-state index contributed by atoms with van der Waals surface area (Å²) in [4.78, 5) is 41.0. The summed E-state index contributed by atoms with van der Waals surface area (Å²) in [5.41, 5.74) is -0.853. The van der Waals surface area contributed by atoms with Gasteiger partial charge in [0.25, 0.3) is 11.8 Å². The van der Waals surface area contributed by atoms with Crippen molar-refractivity contribution in [2.24, 2.45) is 0 Å². The lowest BCUT2D eigenvalue weighted by molar-refractivity contribution is -0.150. The van der Waals surface area contributed by atoms with Crippen molar-refractivity contribution < 1.29 is 24.2 Å². The van der Waals surface area contributed by atoms with Crippen molar-refractivity contribution >= 4 is 17.8 Å². The number of rotatable bonds is 7. The zero-order valence-corrected chi connectivity index (χ0v) is 17.4. The number of carboxylic acid groups (broad SMARTS) is 1. The number of methoxy groups -OCH3 is 1. The van der Waals surface area contributed by atoms with Crippen molar-refractivity contribution in [3.05, 3.63) is 114 Å². The van der Waals surface area contributed by atoms with Gasteiger partial charge in [-0.25, -0.2) is 4.79 Å². The number of fused-ring (bicyclic) bond motifs is 1. The Labute approximate surface area is 185 Å². The molecule has 1 aliphatic rings. The minimum atomic E-state index is -2.07. The fraction of sp³-hybridized carbons (Fsp3) is 0.115. The highest BCUT2D eigenvalue weighted by molar-refractivity contribution is 6.23. The standard InChI is InChI=1S/C26H21NO5/c1-3-22(17-9-5-4-6-10-17)26(25(30)31,18-13-15-19(32-2)16-14-18)27-23(28)20-11-7-8-12-21(20)24(27)29/h3-16,22H,1H2,2H3,(H,30,31)/t22-,26-/m1/s1. The summed E-state index contributed by atoms with van der Waals surface area (Å²) in [7, 11) is 1.50. The van der Waals surface area contributed by atoms with Crippen molar-refractivity contribution in [3.8, 4) is 5.75 Å². The first kappa shape index (κ1) is 21.1. The third kappa shape index (κ3) is 3.00. The topological polar surface area (TPSA) is 83.9 Å². The van der Waals surface area contributed by atoms with E-state index in [0.717, 1.165) is 4.90 Å². The van der Waals surface area contributed by atoms with Gasteiger partial charge < -0.3 is 9.84 Å². The van der Waals surface area contributed by atoms with Gasteiger partial charge in [0.05, 0.1) is 18.2 Å². The maximum absolute atomic E-state index is 13.5. The third-order valence-corrected chi connectivity index (χ3v) is 5.85. The highest BCUT2D eigenvalue weighted by Gasteiger charge is 2.59. The fourth-order valence-electron chi connectivity index (χ4n) is 4.36. The van der Waals surface area contributed by atoms with Crippen molar-refractivity contribution in [1.82, 2.24) is 4.90 Å². The molecular weight excluding hydrogens is 406 g/mol. The fourth-order valence-corrected chi connectivity index (χ4v) is 4.36. The first-order valence-corrected chi connectivity index (χ1v) is 10.00. The van der Waals surface area contributed by atoms with Gasteiger partial charge in [-0.3, -0.25) is 14.5 Å². The predicted octanol–water partition coefficient (Wildman–Crippen LogP) is 4.24. The molecule has 160 valence electrons. The summed E-state index contributed by atoms with van der Waals surface area (Å²) >= 11 is 0. The average molecular weight is 427 g/mol. The molecule has 0 aliphatic carbocycles. The Balaban J connectivity index is 2.04. The van der Waals surface area contributed by atoms with Gasteiger partial charge in [-0.05, 0) is 35.4 Å². The molecule has 0 radical (unpaired) electrons. The Morgan fingerprint density at radius 2 is 1.47 bits per heavy atom. The summed E-state index contributed by atoms with van der Waals surface area (Å²) < 4.78 is 5.22. The molecule has 4 rings (SSSR count). The van der Waals surface area contributed by atoms with Crippen molar-refractivity contribution in [2.45, 2.75) is 11.5 Å². The van der Waals surface area contributed by atoms with Crippen LogP contribution < -0.4 is 4.74 Å². The van der Waals surface area contributed by atoms with Gasteiger partial charge in [0.2, 0.25) is 0 Å². The minimum absolute atomic E-state index is 0.174. The number of carbonyl (C=O) groups excluding carboxylic acids is 2. The van der Waals surface area contributed by atoms with Gasteiger partial charge in [0, 0.05) is 5.92 Å². The molecule has 0 saturated carbocycles. The number of aliphatic carboxylic acids is 1. The Bertz CT molecular complexity index is 1170. The lowest BCUT2D eigenvalue weighted by Gasteiger charge is -2.42. The van der Waals surface area contributed by atoms with Crippen LogP contribution in [0.4, 0.5) is 0 Å². The molecular formula is C26H21NO5. The van der Waals surface area contributed by atoms with Crippen LogP contribution in [-0.2, 0) is 10.3 Å². The number of hydrogen-bond acceptors (Lipinski definition) is 4. The number of benzene rings is 3. The first-order valence-electron chi connectivity index (χ1n) is 10.00. The van der Waals surface area contributed by atoms with Gasteiger partial charge in [-0.15, -0.1) is 6.58 Å². The molecule has 6 heteroatoms. The van der Waals surface area contributed by atoms with Crippen molar-refractivity contribution in [3.63, 3.8) is 0 Å². The normalized spacial score (nSPS) is 15.6. The zero-order chi connectivity index (χ0) is 22.9. The van der Waals surface area contributed by atoms with Gasteiger partial charge in [0.1, 0.15) is 5.75 Å². The number of ether oxygens (including phenoxy) is 1. The van der Waals surface area contributed by atoms with Crippen LogP contribution >= 0.6 is 0 Å². The quantitative estimate of drug-likeness (QED) is 0.450. The van der Waals surface area contributed by atoms with E-state index >= 15 is 0 Å². The van der Waals surface area contributed by atoms with Gasteiger partial charge >= 0.3 is 5.97 Å². The van der Waals surface area contributed by atoms with E-state index in [2.05, 4.69) is 6.58 Å². The van der Waals surface area contributed by atoms with E-state index in [1.807, 2.05) is 6.07 Å². The van der Waals surface area contributed by atoms with Gasteiger partial charge in [0.15, 0.2) is 5.54 Å². The number of hydrogen-bond donors (Lipinski definition) is 1. The number of carboxylic acids is 1. The molecule has 1 heterocycles. The maximum atomic E-state index is 13.5. The summed E-state index contributed by atoms with van der Waals surface area (Å²) in [6.07, 6.45) is 1.47. The van der Waals surface area contributed by atoms with Crippen molar-refractivity contribution in [1.29, 1.82) is 0 Å². The third-order valence-electron chi connectivity index (χ3n) is 5.85. The van der Waals surface area contributed by atoms with Crippen LogP contribution in [0.3, 0.4) is 0 Å². The molecule has 0 aromatic heterocycles. The second kappa shape index (κ2) is 8.15. The summed E-state index contributed by atoms with van der Waals surface area (Å²) in [6.45, 7) is 3.88. The van der Waals surface area contributed by atoms with E-state index in [1.165, 1.54) is 25.3 Å². The van der Waals surface area contributed by atoms with Crippen LogP contribution in [0.2, 0.25) is 0 Å². The Morgan fingerprint density at radius 1 is 0.938 bits per heavy atom. The Morgan fingerprint density at radius 3 is 1.94 bits per heavy atom. The molecule has 6 nitrogen and oxygen atoms in total. The molecule has 0 bridgehead atoms. The van der Waals surface area contributed by atoms with Crippen LogP contribution in [0.25, 0.3) is 0 Å². The lowest BCUT2D eigenvalue weighted by atomic mass is 9.73. The first-order chi connectivity index (χ1) is 15.5. The van der Waals surface area contributed by atoms with Crippen LogP contribution in [0.15, 0.2) is 91.5 Å². The second-order valence-corrected chi connectivity index (χ2v) is 7.42.